The predicted molar refractivity (Wildman–Crippen MR) is 111 cm³/mol. The van der Waals surface area contributed by atoms with Crippen molar-refractivity contribution >= 4 is 11.6 Å². The minimum atomic E-state index is 0.760. The number of benzene rings is 2. The molecule has 0 saturated heterocycles. The number of aryl methyl sites for hydroxylation is 1. The van der Waals surface area contributed by atoms with Crippen LogP contribution >= 0.6 is 11.6 Å². The summed E-state index contributed by atoms with van der Waals surface area (Å²) in [5.41, 5.74) is 4.84. The Balaban J connectivity index is 1.57. The molecule has 0 spiro atoms. The fraction of sp³-hybridized carbons (Fsp3) is 0.348. The Kier molecular flexibility index (Phi) is 6.90. The molecule has 0 aliphatic heterocycles. The highest BCUT2D eigenvalue weighted by atomic mass is 35.5. The van der Waals surface area contributed by atoms with Gasteiger partial charge < -0.3 is 4.98 Å². The number of H-pyrrole nitrogens is 1. The van der Waals surface area contributed by atoms with Crippen molar-refractivity contribution in [3.8, 4) is 11.3 Å². The van der Waals surface area contributed by atoms with E-state index in [1.54, 1.807) is 0 Å². The Morgan fingerprint density at radius 1 is 0.923 bits per heavy atom. The maximum atomic E-state index is 6.06. The quantitative estimate of drug-likeness (QED) is 0.413. The van der Waals surface area contributed by atoms with Gasteiger partial charge in [-0.2, -0.15) is 0 Å². The number of aromatic amines is 1. The number of hydrogen-bond donors (Lipinski definition) is 1. The molecule has 1 heterocycles. The average molecular weight is 367 g/mol. The van der Waals surface area contributed by atoms with Gasteiger partial charge in [0.15, 0.2) is 0 Å². The molecule has 0 amide bonds. The number of nitrogens with one attached hydrogen (secondary N) is 1. The molecule has 0 saturated carbocycles. The van der Waals surface area contributed by atoms with Crippen LogP contribution in [0.1, 0.15) is 56.0 Å². The average Bonchev–Trinajstić information content (AvgIpc) is 3.10. The van der Waals surface area contributed by atoms with Crippen LogP contribution in [0.25, 0.3) is 11.3 Å². The van der Waals surface area contributed by atoms with E-state index in [4.69, 9.17) is 11.6 Å². The number of unbranched alkanes of at least 4 members (excludes halogenated alkanes) is 4. The second-order valence-corrected chi connectivity index (χ2v) is 7.35. The third kappa shape index (κ3) is 5.47. The first-order chi connectivity index (χ1) is 12.7. The Labute approximate surface area is 161 Å². The molecule has 3 rings (SSSR count). The van der Waals surface area contributed by atoms with E-state index in [1.165, 1.54) is 49.7 Å². The molecule has 3 heteroatoms. The number of halogens is 1. The van der Waals surface area contributed by atoms with Gasteiger partial charge in [0.1, 0.15) is 5.82 Å². The van der Waals surface area contributed by atoms with E-state index in [2.05, 4.69) is 47.2 Å². The summed E-state index contributed by atoms with van der Waals surface area (Å²) in [5.74, 6) is 0.960. The van der Waals surface area contributed by atoms with Crippen molar-refractivity contribution in [3.05, 3.63) is 76.7 Å². The number of hydrogen-bond acceptors (Lipinski definition) is 1. The summed E-state index contributed by atoms with van der Waals surface area (Å²) >= 11 is 6.06. The van der Waals surface area contributed by atoms with Crippen molar-refractivity contribution in [2.45, 2.75) is 51.9 Å². The molecule has 0 atom stereocenters. The molecule has 2 nitrogen and oxygen atoms in total. The second-order valence-electron chi connectivity index (χ2n) is 6.91. The summed E-state index contributed by atoms with van der Waals surface area (Å²) in [4.78, 5) is 7.95. The van der Waals surface area contributed by atoms with Gasteiger partial charge in [0, 0.05) is 11.4 Å². The topological polar surface area (TPSA) is 28.7 Å². The molecule has 26 heavy (non-hydrogen) atoms. The first-order valence-electron chi connectivity index (χ1n) is 9.62. The number of nitrogens with zero attached hydrogens (tertiary/aromatic N) is 1. The van der Waals surface area contributed by atoms with E-state index in [9.17, 15) is 0 Å². The highest BCUT2D eigenvalue weighted by Crippen LogP contribution is 2.20. The Morgan fingerprint density at radius 3 is 2.50 bits per heavy atom. The smallest absolute Gasteiger partial charge is 0.110 e. The highest BCUT2D eigenvalue weighted by molar-refractivity contribution is 6.30. The lowest BCUT2D eigenvalue weighted by atomic mass is 10.0. The number of aromatic nitrogens is 2. The SMILES string of the molecule is CCCCCCCc1ccc(-c2cnc(Cc3cccc(Cl)c3)[nH]2)cc1. The second kappa shape index (κ2) is 9.59. The molecule has 0 radical (unpaired) electrons. The van der Waals surface area contributed by atoms with Gasteiger partial charge in [-0.3, -0.25) is 0 Å². The maximum Gasteiger partial charge on any atom is 0.110 e. The molecule has 136 valence electrons. The predicted octanol–water partition coefficient (Wildman–Crippen LogP) is 6.83. The molecule has 0 aliphatic rings. The van der Waals surface area contributed by atoms with Crippen molar-refractivity contribution in [1.82, 2.24) is 9.97 Å². The Morgan fingerprint density at radius 2 is 1.73 bits per heavy atom. The van der Waals surface area contributed by atoms with Crippen LogP contribution in [-0.4, -0.2) is 9.97 Å². The maximum absolute atomic E-state index is 6.06. The molecular formula is C23H27ClN2. The van der Waals surface area contributed by atoms with Gasteiger partial charge in [-0.1, -0.05) is 80.6 Å². The Bertz CT molecular complexity index is 805. The van der Waals surface area contributed by atoms with Crippen molar-refractivity contribution in [3.63, 3.8) is 0 Å². The van der Waals surface area contributed by atoms with Crippen LogP contribution in [-0.2, 0) is 12.8 Å². The monoisotopic (exact) mass is 366 g/mol. The standard InChI is InChI=1S/C23H27ClN2/c1-2-3-4-5-6-8-18-11-13-20(14-12-18)22-17-25-23(26-22)16-19-9-7-10-21(24)15-19/h7,9-15,17H,2-6,8,16H2,1H3,(H,25,26). The van der Waals surface area contributed by atoms with Gasteiger partial charge in [0.25, 0.3) is 0 Å². The zero-order chi connectivity index (χ0) is 18.2. The summed E-state index contributed by atoms with van der Waals surface area (Å²) < 4.78 is 0. The molecule has 3 aromatic rings. The van der Waals surface area contributed by atoms with E-state index < -0.39 is 0 Å². The van der Waals surface area contributed by atoms with E-state index in [-0.39, 0.29) is 0 Å². The third-order valence-corrected chi connectivity index (χ3v) is 4.96. The van der Waals surface area contributed by atoms with Crippen LogP contribution in [0.15, 0.2) is 54.7 Å². The molecule has 0 aliphatic carbocycles. The van der Waals surface area contributed by atoms with Crippen molar-refractivity contribution < 1.29 is 0 Å². The summed E-state index contributed by atoms with van der Waals surface area (Å²) in [7, 11) is 0. The highest BCUT2D eigenvalue weighted by Gasteiger charge is 2.05. The summed E-state index contributed by atoms with van der Waals surface area (Å²) in [5, 5.41) is 0.763. The van der Waals surface area contributed by atoms with E-state index in [0.29, 0.717) is 0 Å². The van der Waals surface area contributed by atoms with E-state index in [0.717, 1.165) is 28.5 Å². The summed E-state index contributed by atoms with van der Waals surface area (Å²) in [6.07, 6.45) is 10.5. The van der Waals surface area contributed by atoms with Crippen LogP contribution in [0.2, 0.25) is 5.02 Å². The lowest BCUT2D eigenvalue weighted by Gasteiger charge is -2.04. The largest absolute Gasteiger partial charge is 0.342 e. The van der Waals surface area contributed by atoms with Crippen molar-refractivity contribution in [2.75, 3.05) is 0 Å². The zero-order valence-corrected chi connectivity index (χ0v) is 16.2. The molecule has 0 fully saturated rings. The van der Waals surface area contributed by atoms with Gasteiger partial charge in [-0.05, 0) is 41.7 Å². The van der Waals surface area contributed by atoms with E-state index >= 15 is 0 Å². The first-order valence-corrected chi connectivity index (χ1v) is 10.00. The van der Waals surface area contributed by atoms with Crippen LogP contribution < -0.4 is 0 Å². The minimum absolute atomic E-state index is 0.760. The zero-order valence-electron chi connectivity index (χ0n) is 15.5. The third-order valence-electron chi connectivity index (χ3n) is 4.72. The van der Waals surface area contributed by atoms with Gasteiger partial charge in [-0.25, -0.2) is 4.98 Å². The van der Waals surface area contributed by atoms with Crippen LogP contribution in [0.5, 0.6) is 0 Å². The minimum Gasteiger partial charge on any atom is -0.342 e. The fourth-order valence-electron chi connectivity index (χ4n) is 3.22. The lowest BCUT2D eigenvalue weighted by Crippen LogP contribution is -1.90. The van der Waals surface area contributed by atoms with Gasteiger partial charge in [0.05, 0.1) is 11.9 Å². The molecule has 1 N–H and O–H groups in total. The van der Waals surface area contributed by atoms with Crippen LogP contribution in [0, 0.1) is 0 Å². The fourth-order valence-corrected chi connectivity index (χ4v) is 3.44. The van der Waals surface area contributed by atoms with E-state index in [1.807, 2.05) is 24.4 Å². The molecule has 1 aromatic heterocycles. The normalized spacial score (nSPS) is 11.0. The molecule has 0 unspecified atom stereocenters. The van der Waals surface area contributed by atoms with Gasteiger partial charge in [-0.15, -0.1) is 0 Å². The van der Waals surface area contributed by atoms with Crippen molar-refractivity contribution in [1.29, 1.82) is 0 Å². The Hall–Kier alpha value is -2.06. The van der Waals surface area contributed by atoms with Gasteiger partial charge in [0.2, 0.25) is 0 Å². The molecule has 2 aromatic carbocycles. The lowest BCUT2D eigenvalue weighted by molar-refractivity contribution is 0.632. The number of rotatable bonds is 9. The van der Waals surface area contributed by atoms with Gasteiger partial charge >= 0.3 is 0 Å². The van der Waals surface area contributed by atoms with Crippen LogP contribution in [0.4, 0.5) is 0 Å². The first kappa shape index (κ1) is 18.7. The summed E-state index contributed by atoms with van der Waals surface area (Å²) in [6.45, 7) is 2.26. The molecular weight excluding hydrogens is 340 g/mol. The van der Waals surface area contributed by atoms with Crippen LogP contribution in [0.3, 0.4) is 0 Å². The van der Waals surface area contributed by atoms with Crippen molar-refractivity contribution in [2.24, 2.45) is 0 Å². The molecule has 0 bridgehead atoms. The summed E-state index contributed by atoms with van der Waals surface area (Å²) in [6, 6.07) is 16.8. The number of imidazole rings is 1.